The largest absolute Gasteiger partial charge is 0.467 e. The molecule has 0 aliphatic carbocycles. The number of nitrogens with zero attached hydrogens (tertiary/aromatic N) is 3. The number of carbonyl (C=O) groups excluding carboxylic acids is 1. The number of hydrogen-bond acceptors (Lipinski definition) is 6. The van der Waals surface area contributed by atoms with Crippen molar-refractivity contribution in [1.29, 1.82) is 0 Å². The average Bonchev–Trinajstić information content (AvgIpc) is 2.38. The molecule has 8 heteroatoms. The Bertz CT molecular complexity index is 495. The van der Waals surface area contributed by atoms with Crippen molar-refractivity contribution in [2.45, 2.75) is 19.4 Å². The van der Waals surface area contributed by atoms with Crippen LogP contribution in [0.5, 0.6) is 0 Å². The first-order valence-corrected chi connectivity index (χ1v) is 6.31. The smallest absolute Gasteiger partial charge is 0.328 e. The van der Waals surface area contributed by atoms with Gasteiger partial charge in [-0.15, -0.1) is 0 Å². The summed E-state index contributed by atoms with van der Waals surface area (Å²) in [6.45, 7) is 1.80. The lowest BCUT2D eigenvalue weighted by Gasteiger charge is -2.27. The summed E-state index contributed by atoms with van der Waals surface area (Å²) in [5.74, 6) is -0.442. The number of likely N-dealkylation sites (N-methyl/N-ethyl adjacent to an activating group) is 1. The van der Waals surface area contributed by atoms with Gasteiger partial charge in [0.2, 0.25) is 0 Å². The highest BCUT2D eigenvalue weighted by Crippen LogP contribution is 2.35. The second-order valence-corrected chi connectivity index (χ2v) is 4.66. The van der Waals surface area contributed by atoms with Crippen molar-refractivity contribution < 1.29 is 14.5 Å². The highest BCUT2D eigenvalue weighted by molar-refractivity contribution is 9.10. The third-order valence-corrected chi connectivity index (χ3v) is 3.31. The molecule has 0 amide bonds. The van der Waals surface area contributed by atoms with Crippen molar-refractivity contribution in [3.8, 4) is 0 Å². The molecule has 0 aromatic carbocycles. The van der Waals surface area contributed by atoms with E-state index in [0.717, 1.165) is 6.20 Å². The third kappa shape index (κ3) is 3.19. The van der Waals surface area contributed by atoms with E-state index in [4.69, 9.17) is 4.74 Å². The predicted molar refractivity (Wildman–Crippen MR) is 73.1 cm³/mol. The van der Waals surface area contributed by atoms with Crippen LogP contribution in [-0.2, 0) is 9.53 Å². The van der Waals surface area contributed by atoms with Crippen LogP contribution in [0.1, 0.15) is 13.3 Å². The van der Waals surface area contributed by atoms with Gasteiger partial charge in [-0.3, -0.25) is 15.1 Å². The summed E-state index contributed by atoms with van der Waals surface area (Å²) in [7, 11) is 2.90. The fraction of sp³-hybridized carbons (Fsp3) is 0.455. The molecular formula is C11H14BrN3O4. The van der Waals surface area contributed by atoms with Crippen LogP contribution < -0.4 is 4.90 Å². The summed E-state index contributed by atoms with van der Waals surface area (Å²) in [5.41, 5.74) is 0.136. The molecule has 1 atom stereocenters. The van der Waals surface area contributed by atoms with E-state index >= 15 is 0 Å². The number of ether oxygens (including phenoxy) is 1. The first-order valence-electron chi connectivity index (χ1n) is 5.52. The fourth-order valence-electron chi connectivity index (χ4n) is 1.79. The molecule has 1 heterocycles. The zero-order valence-corrected chi connectivity index (χ0v) is 12.4. The Balaban J connectivity index is 3.28. The van der Waals surface area contributed by atoms with E-state index in [9.17, 15) is 14.9 Å². The lowest BCUT2D eigenvalue weighted by Crippen LogP contribution is -2.39. The van der Waals surface area contributed by atoms with Crippen molar-refractivity contribution in [2.75, 3.05) is 19.1 Å². The molecule has 0 aliphatic rings. The van der Waals surface area contributed by atoms with E-state index in [1.165, 1.54) is 18.2 Å². The minimum absolute atomic E-state index is 0.167. The number of hydrogen-bond donors (Lipinski definition) is 0. The molecule has 0 bridgehead atoms. The molecule has 1 rings (SSSR count). The quantitative estimate of drug-likeness (QED) is 0.466. The van der Waals surface area contributed by atoms with Gasteiger partial charge in [-0.05, 0) is 22.4 Å². The van der Waals surface area contributed by atoms with Gasteiger partial charge in [-0.25, -0.2) is 4.79 Å². The van der Waals surface area contributed by atoms with Crippen molar-refractivity contribution in [3.63, 3.8) is 0 Å². The number of halogens is 1. The summed E-state index contributed by atoms with van der Waals surface area (Å²) in [5, 5.41) is 11.0. The molecular weight excluding hydrogens is 318 g/mol. The van der Waals surface area contributed by atoms with Crippen molar-refractivity contribution in [1.82, 2.24) is 4.98 Å². The maximum Gasteiger partial charge on any atom is 0.328 e. The van der Waals surface area contributed by atoms with Gasteiger partial charge in [0.05, 0.1) is 16.5 Å². The van der Waals surface area contributed by atoms with E-state index in [2.05, 4.69) is 20.9 Å². The molecule has 0 saturated heterocycles. The van der Waals surface area contributed by atoms with E-state index < -0.39 is 16.9 Å². The van der Waals surface area contributed by atoms with E-state index in [1.807, 2.05) is 0 Å². The molecule has 0 saturated carbocycles. The molecule has 0 unspecified atom stereocenters. The maximum atomic E-state index is 11.7. The van der Waals surface area contributed by atoms with Crippen LogP contribution in [0.2, 0.25) is 0 Å². The molecule has 0 spiro atoms. The Hall–Kier alpha value is -1.70. The summed E-state index contributed by atoms with van der Waals surface area (Å²) < 4.78 is 5.16. The van der Waals surface area contributed by atoms with Crippen LogP contribution in [0.4, 0.5) is 11.4 Å². The third-order valence-electron chi connectivity index (χ3n) is 2.73. The first-order chi connectivity index (χ1) is 8.93. The van der Waals surface area contributed by atoms with Gasteiger partial charge in [-0.2, -0.15) is 0 Å². The minimum Gasteiger partial charge on any atom is -0.467 e. The van der Waals surface area contributed by atoms with Crippen LogP contribution in [0.15, 0.2) is 16.9 Å². The van der Waals surface area contributed by atoms with Crippen LogP contribution in [0.25, 0.3) is 0 Å². The number of rotatable bonds is 5. The molecule has 0 N–H and O–H groups in total. The van der Waals surface area contributed by atoms with E-state index in [0.29, 0.717) is 16.6 Å². The van der Waals surface area contributed by atoms with Gasteiger partial charge in [0, 0.05) is 13.2 Å². The van der Waals surface area contributed by atoms with Gasteiger partial charge >= 0.3 is 11.7 Å². The van der Waals surface area contributed by atoms with Gasteiger partial charge in [0.25, 0.3) is 0 Å². The second-order valence-electron chi connectivity index (χ2n) is 3.80. The lowest BCUT2D eigenvalue weighted by atomic mass is 10.1. The Labute approximate surface area is 118 Å². The van der Waals surface area contributed by atoms with Crippen LogP contribution >= 0.6 is 15.9 Å². The van der Waals surface area contributed by atoms with Gasteiger partial charge in [-0.1, -0.05) is 6.92 Å². The zero-order valence-electron chi connectivity index (χ0n) is 10.8. The average molecular weight is 332 g/mol. The summed E-state index contributed by atoms with van der Waals surface area (Å²) >= 11 is 3.22. The zero-order chi connectivity index (χ0) is 14.6. The SMILES string of the molecule is CC[C@H](C(=O)OC)N(C)c1c(Br)cncc1[N+](=O)[O-]. The van der Waals surface area contributed by atoms with E-state index in [-0.39, 0.29) is 5.69 Å². The number of esters is 1. The standard InChI is InChI=1S/C11H14BrN3O4/c1-4-8(11(16)19-3)14(2)10-7(12)5-13-6-9(10)15(17)18/h5-6,8H,4H2,1-3H3/t8-/m1/s1. The second kappa shape index (κ2) is 6.46. The van der Waals surface area contributed by atoms with Crippen molar-refractivity contribution in [2.24, 2.45) is 0 Å². The number of carbonyl (C=O) groups is 1. The Morgan fingerprint density at radius 1 is 1.63 bits per heavy atom. The number of methoxy groups -OCH3 is 1. The van der Waals surface area contributed by atoms with Crippen LogP contribution in [0.3, 0.4) is 0 Å². The van der Waals surface area contributed by atoms with Crippen molar-refractivity contribution >= 4 is 33.3 Å². The van der Waals surface area contributed by atoms with Crippen LogP contribution in [-0.4, -0.2) is 36.1 Å². The Morgan fingerprint density at radius 2 is 2.26 bits per heavy atom. The fourth-order valence-corrected chi connectivity index (χ4v) is 2.39. The molecule has 1 aromatic heterocycles. The number of pyridine rings is 1. The number of anilines is 1. The molecule has 1 aromatic rings. The van der Waals surface area contributed by atoms with Gasteiger partial charge < -0.3 is 9.64 Å². The highest BCUT2D eigenvalue weighted by atomic mass is 79.9. The van der Waals surface area contributed by atoms with Crippen molar-refractivity contribution in [3.05, 3.63) is 27.0 Å². The molecule has 0 fully saturated rings. The topological polar surface area (TPSA) is 85.6 Å². The summed E-state index contributed by atoms with van der Waals surface area (Å²) in [6, 6.07) is -0.595. The molecule has 0 aliphatic heterocycles. The predicted octanol–water partition coefficient (Wildman–Crippen LogP) is 2.14. The number of nitro groups is 1. The molecule has 0 radical (unpaired) electrons. The molecule has 7 nitrogen and oxygen atoms in total. The highest BCUT2D eigenvalue weighted by Gasteiger charge is 2.29. The maximum absolute atomic E-state index is 11.7. The summed E-state index contributed by atoms with van der Waals surface area (Å²) in [6.07, 6.45) is 3.07. The lowest BCUT2D eigenvalue weighted by molar-refractivity contribution is -0.384. The molecule has 19 heavy (non-hydrogen) atoms. The summed E-state index contributed by atoms with van der Waals surface area (Å²) in [4.78, 5) is 27.5. The number of aromatic nitrogens is 1. The Kier molecular flexibility index (Phi) is 5.22. The van der Waals surface area contributed by atoms with Gasteiger partial charge in [0.1, 0.15) is 17.9 Å². The Morgan fingerprint density at radius 3 is 2.74 bits per heavy atom. The van der Waals surface area contributed by atoms with E-state index in [1.54, 1.807) is 14.0 Å². The van der Waals surface area contributed by atoms with Gasteiger partial charge in [0.15, 0.2) is 0 Å². The van der Waals surface area contributed by atoms with Crippen LogP contribution in [0, 0.1) is 10.1 Å². The minimum atomic E-state index is -0.595. The molecule has 104 valence electrons. The first kappa shape index (κ1) is 15.4. The normalized spacial score (nSPS) is 11.8. The monoisotopic (exact) mass is 331 g/mol.